The van der Waals surface area contributed by atoms with Crippen molar-refractivity contribution in [3.05, 3.63) is 61.7 Å². The van der Waals surface area contributed by atoms with E-state index in [-0.39, 0.29) is 28.0 Å². The fraction of sp³-hybridized carbons (Fsp3) is 0.278. The Morgan fingerprint density at radius 3 is 2.17 bits per heavy atom. The summed E-state index contributed by atoms with van der Waals surface area (Å²) in [6, 6.07) is 18.3. The second-order valence-electron chi connectivity index (χ2n) is 5.71. The van der Waals surface area contributed by atoms with Gasteiger partial charge in [0.25, 0.3) is 0 Å². The van der Waals surface area contributed by atoms with Gasteiger partial charge in [0.2, 0.25) is 0 Å². The number of rotatable bonds is 5. The number of hydrogen-bond donors (Lipinski definition) is 0. The van der Waals surface area contributed by atoms with Crippen molar-refractivity contribution in [3.8, 4) is 5.75 Å². The quantitative estimate of drug-likeness (QED) is 0.408. The molecule has 2 aromatic rings. The van der Waals surface area contributed by atoms with E-state index in [1.165, 1.54) is 7.14 Å². The second kappa shape index (κ2) is 8.19. The average molecular weight is 427 g/mol. The maximum atomic E-state index is 11.4. The molecule has 0 N–H and O–H groups in total. The Labute approximate surface area is 147 Å². The molecular weight excluding hydrogens is 407 g/mol. The molecule has 0 saturated heterocycles. The van der Waals surface area contributed by atoms with E-state index < -0.39 is 11.8 Å². The Morgan fingerprint density at radius 2 is 1.57 bits per heavy atom. The third-order valence-corrected chi connectivity index (χ3v) is 5.24. The summed E-state index contributed by atoms with van der Waals surface area (Å²) < 4.78 is 18.0. The Hall–Kier alpha value is -1.76. The number of benzene rings is 2. The molecule has 0 fully saturated rings. The van der Waals surface area contributed by atoms with Crippen molar-refractivity contribution < 1.29 is 40.2 Å². The molecule has 0 unspecified atom stereocenters. The monoisotopic (exact) mass is 427 g/mol. The molecule has 0 atom stereocenters. The standard InChI is InChI=1S/C18H20IO4/c1-18(2,3)23-17(20)22-13-21-16-11-9-15(10-12-16)19-14-7-5-4-6-8-14/h4-12H,13H2,1-3H3/q-1. The van der Waals surface area contributed by atoms with E-state index in [2.05, 4.69) is 24.3 Å². The van der Waals surface area contributed by atoms with Gasteiger partial charge in [-0.15, -0.1) is 0 Å². The number of hydrogen-bond acceptors (Lipinski definition) is 4. The molecule has 124 valence electrons. The van der Waals surface area contributed by atoms with E-state index in [0.29, 0.717) is 5.75 Å². The van der Waals surface area contributed by atoms with Crippen LogP contribution >= 0.6 is 0 Å². The first-order chi connectivity index (χ1) is 10.9. The molecule has 0 bridgehead atoms. The minimum atomic E-state index is -0.732. The summed E-state index contributed by atoms with van der Waals surface area (Å²) in [5, 5.41) is 0. The van der Waals surface area contributed by atoms with Crippen molar-refractivity contribution in [1.82, 2.24) is 0 Å². The average Bonchev–Trinajstić information content (AvgIpc) is 2.48. The van der Waals surface area contributed by atoms with Gasteiger partial charge in [-0.25, -0.2) is 0 Å². The van der Waals surface area contributed by atoms with Gasteiger partial charge in [-0.2, -0.15) is 0 Å². The third-order valence-electron chi connectivity index (χ3n) is 2.56. The van der Waals surface area contributed by atoms with Crippen LogP contribution in [0.4, 0.5) is 4.79 Å². The van der Waals surface area contributed by atoms with Crippen molar-refractivity contribution >= 4 is 6.16 Å². The fourth-order valence-electron chi connectivity index (χ4n) is 1.62. The van der Waals surface area contributed by atoms with E-state index in [1.807, 2.05) is 30.3 Å². The van der Waals surface area contributed by atoms with E-state index in [9.17, 15) is 4.79 Å². The van der Waals surface area contributed by atoms with Gasteiger partial charge in [-0.05, 0) is 0 Å². The van der Waals surface area contributed by atoms with Gasteiger partial charge in [0.1, 0.15) is 0 Å². The number of halogens is 1. The van der Waals surface area contributed by atoms with E-state index in [1.54, 1.807) is 20.8 Å². The molecule has 0 aliphatic heterocycles. The third kappa shape index (κ3) is 6.90. The molecular formula is C18H20IO4-. The van der Waals surface area contributed by atoms with E-state index in [4.69, 9.17) is 14.2 Å². The Kier molecular flexibility index (Phi) is 6.27. The molecule has 2 rings (SSSR count). The van der Waals surface area contributed by atoms with Gasteiger partial charge in [0.05, 0.1) is 0 Å². The van der Waals surface area contributed by atoms with Crippen molar-refractivity contribution in [2.75, 3.05) is 6.79 Å². The summed E-state index contributed by atoms with van der Waals surface area (Å²) in [5.41, 5.74) is -0.570. The zero-order valence-electron chi connectivity index (χ0n) is 13.4. The molecule has 23 heavy (non-hydrogen) atoms. The van der Waals surface area contributed by atoms with Crippen LogP contribution < -0.4 is 25.9 Å². The first kappa shape index (κ1) is 17.6. The Bertz CT molecular complexity index is 618. The van der Waals surface area contributed by atoms with Crippen LogP contribution in [0.2, 0.25) is 0 Å². The Balaban J connectivity index is 1.78. The predicted molar refractivity (Wildman–Crippen MR) is 83.1 cm³/mol. The SMILES string of the molecule is CC(C)(C)OC(=O)OCOc1ccc([I-]c2ccccc2)cc1. The van der Waals surface area contributed by atoms with Gasteiger partial charge in [-0.3, -0.25) is 0 Å². The second-order valence-corrected chi connectivity index (χ2v) is 8.75. The summed E-state index contributed by atoms with van der Waals surface area (Å²) in [5.74, 6) is 0.661. The van der Waals surface area contributed by atoms with Gasteiger partial charge < -0.3 is 0 Å². The molecule has 2 aromatic carbocycles. The van der Waals surface area contributed by atoms with Crippen molar-refractivity contribution in [1.29, 1.82) is 0 Å². The zero-order valence-corrected chi connectivity index (χ0v) is 15.6. The first-order valence-corrected chi connectivity index (χ1v) is 9.37. The van der Waals surface area contributed by atoms with E-state index >= 15 is 0 Å². The van der Waals surface area contributed by atoms with Gasteiger partial charge in [0, 0.05) is 0 Å². The molecule has 0 aliphatic rings. The molecule has 0 spiro atoms. The molecule has 5 heteroatoms. The summed E-state index contributed by atoms with van der Waals surface area (Å²) in [6.07, 6.45) is -0.732. The van der Waals surface area contributed by atoms with Crippen molar-refractivity contribution in [2.24, 2.45) is 0 Å². The molecule has 0 saturated carbocycles. The van der Waals surface area contributed by atoms with Crippen LogP contribution in [-0.4, -0.2) is 18.5 Å². The van der Waals surface area contributed by atoms with Crippen LogP contribution in [-0.2, 0) is 9.47 Å². The zero-order chi connectivity index (χ0) is 16.7. The molecule has 0 radical (unpaired) electrons. The van der Waals surface area contributed by atoms with Crippen LogP contribution in [0.1, 0.15) is 20.8 Å². The van der Waals surface area contributed by atoms with Crippen LogP contribution in [0, 0.1) is 7.14 Å². The first-order valence-electron chi connectivity index (χ1n) is 7.21. The fourth-order valence-corrected chi connectivity index (χ4v) is 3.84. The van der Waals surface area contributed by atoms with Crippen LogP contribution in [0.25, 0.3) is 0 Å². The van der Waals surface area contributed by atoms with E-state index in [0.717, 1.165) is 0 Å². The van der Waals surface area contributed by atoms with Gasteiger partial charge >= 0.3 is 147 Å². The van der Waals surface area contributed by atoms with Crippen LogP contribution in [0.15, 0.2) is 54.6 Å². The summed E-state index contributed by atoms with van der Waals surface area (Å²) in [7, 11) is 0. The van der Waals surface area contributed by atoms with Gasteiger partial charge in [-0.1, -0.05) is 0 Å². The van der Waals surface area contributed by atoms with Crippen molar-refractivity contribution in [2.45, 2.75) is 26.4 Å². The molecule has 4 nitrogen and oxygen atoms in total. The van der Waals surface area contributed by atoms with Crippen LogP contribution in [0.3, 0.4) is 0 Å². The summed E-state index contributed by atoms with van der Waals surface area (Å²) in [6.45, 7) is 5.18. The molecule has 0 heterocycles. The predicted octanol–water partition coefficient (Wildman–Crippen LogP) is 1.10. The topological polar surface area (TPSA) is 44.8 Å². The number of carbonyl (C=O) groups excluding carboxylic acids is 1. The normalized spacial score (nSPS) is 11.1. The van der Waals surface area contributed by atoms with Crippen molar-refractivity contribution in [3.63, 3.8) is 0 Å². The minimum absolute atomic E-state index is 0.165. The summed E-state index contributed by atoms with van der Waals surface area (Å²) in [4.78, 5) is 11.4. The molecule has 0 aliphatic carbocycles. The number of carbonyl (C=O) groups is 1. The van der Waals surface area contributed by atoms with Gasteiger partial charge in [0.15, 0.2) is 0 Å². The summed E-state index contributed by atoms with van der Waals surface area (Å²) >= 11 is -0.185. The molecule has 0 aromatic heterocycles. The molecule has 0 amide bonds. The maximum absolute atomic E-state index is 11.4. The van der Waals surface area contributed by atoms with Crippen LogP contribution in [0.5, 0.6) is 5.75 Å². The number of ether oxygens (including phenoxy) is 3. The Morgan fingerprint density at radius 1 is 0.957 bits per heavy atom.